The van der Waals surface area contributed by atoms with Gasteiger partial charge in [0.15, 0.2) is 16.7 Å². The lowest BCUT2D eigenvalue weighted by molar-refractivity contribution is 0.355. The summed E-state index contributed by atoms with van der Waals surface area (Å²) >= 11 is 4.84. The molecule has 3 aromatic heterocycles. The normalized spacial score (nSPS) is 13.3. The quantitative estimate of drug-likeness (QED) is 0.272. The van der Waals surface area contributed by atoms with Crippen LogP contribution in [0.5, 0.6) is 11.5 Å². The van der Waals surface area contributed by atoms with E-state index in [0.29, 0.717) is 17.3 Å². The fourth-order valence-corrected chi connectivity index (χ4v) is 7.10. The molecule has 0 atom stereocenters. The maximum absolute atomic E-state index is 13.1. The zero-order chi connectivity index (χ0) is 22.2. The number of benzene rings is 1. The van der Waals surface area contributed by atoms with E-state index in [1.807, 2.05) is 25.2 Å². The summed E-state index contributed by atoms with van der Waals surface area (Å²) in [5.41, 5.74) is 3.26. The largest absolute Gasteiger partial charge is 0.493 e. The van der Waals surface area contributed by atoms with Gasteiger partial charge in [-0.05, 0) is 49.4 Å². The van der Waals surface area contributed by atoms with E-state index in [4.69, 9.17) is 19.4 Å². The number of thiazole rings is 1. The van der Waals surface area contributed by atoms with Gasteiger partial charge < -0.3 is 9.47 Å². The molecule has 1 aliphatic rings. The molecule has 0 spiro atoms. The van der Waals surface area contributed by atoms with Crippen LogP contribution in [0.4, 0.5) is 0 Å². The van der Waals surface area contributed by atoms with Gasteiger partial charge in [-0.2, -0.15) is 0 Å². The van der Waals surface area contributed by atoms with Crippen molar-refractivity contribution in [3.8, 4) is 22.1 Å². The van der Waals surface area contributed by atoms with Crippen molar-refractivity contribution in [3.63, 3.8) is 0 Å². The number of methoxy groups -OCH3 is 2. The third kappa shape index (κ3) is 3.82. The summed E-state index contributed by atoms with van der Waals surface area (Å²) in [6, 6.07) is 5.81. The first-order chi connectivity index (χ1) is 15.6. The van der Waals surface area contributed by atoms with Crippen molar-refractivity contribution < 1.29 is 9.47 Å². The van der Waals surface area contributed by atoms with Crippen molar-refractivity contribution in [1.82, 2.24) is 14.5 Å². The third-order valence-corrected chi connectivity index (χ3v) is 8.88. The van der Waals surface area contributed by atoms with Gasteiger partial charge in [-0.25, -0.2) is 9.97 Å². The van der Waals surface area contributed by atoms with Crippen LogP contribution in [0.25, 0.3) is 20.8 Å². The molecule has 0 unspecified atom stereocenters. The number of thiophene rings is 1. The molecule has 0 radical (unpaired) electrons. The Labute approximate surface area is 198 Å². The molecule has 4 aromatic rings. The predicted molar refractivity (Wildman–Crippen MR) is 132 cm³/mol. The van der Waals surface area contributed by atoms with Crippen LogP contribution in [0.1, 0.15) is 29.0 Å². The van der Waals surface area contributed by atoms with E-state index in [2.05, 4.69) is 5.38 Å². The van der Waals surface area contributed by atoms with E-state index in [1.165, 1.54) is 16.9 Å². The first-order valence-corrected chi connectivity index (χ1v) is 13.1. The van der Waals surface area contributed by atoms with Crippen LogP contribution in [-0.2, 0) is 25.6 Å². The van der Waals surface area contributed by atoms with Crippen molar-refractivity contribution in [2.75, 3.05) is 14.2 Å². The highest BCUT2D eigenvalue weighted by atomic mass is 32.2. The van der Waals surface area contributed by atoms with Crippen molar-refractivity contribution >= 4 is 44.7 Å². The molecule has 0 fully saturated rings. The zero-order valence-electron chi connectivity index (χ0n) is 18.1. The molecular formula is C23H23N3O3S3. The first kappa shape index (κ1) is 21.5. The molecule has 0 amide bonds. The van der Waals surface area contributed by atoms with Gasteiger partial charge in [0.25, 0.3) is 5.56 Å². The second-order valence-corrected chi connectivity index (χ2v) is 10.5. The smallest absolute Gasteiger partial charge is 0.262 e. The Morgan fingerprint density at radius 3 is 2.75 bits per heavy atom. The van der Waals surface area contributed by atoms with E-state index >= 15 is 0 Å². The van der Waals surface area contributed by atoms with Gasteiger partial charge in [0.05, 0.1) is 25.3 Å². The van der Waals surface area contributed by atoms with Crippen LogP contribution in [0, 0.1) is 0 Å². The van der Waals surface area contributed by atoms with Gasteiger partial charge in [-0.15, -0.1) is 22.7 Å². The van der Waals surface area contributed by atoms with Crippen LogP contribution < -0.4 is 15.0 Å². The summed E-state index contributed by atoms with van der Waals surface area (Å²) in [7, 11) is 5.07. The topological polar surface area (TPSA) is 66.2 Å². The first-order valence-electron chi connectivity index (χ1n) is 10.4. The fourth-order valence-electron chi connectivity index (χ4n) is 4.01. The highest BCUT2D eigenvalue weighted by Crippen LogP contribution is 2.36. The minimum absolute atomic E-state index is 0.0706. The van der Waals surface area contributed by atoms with Crippen LogP contribution >= 0.6 is 34.4 Å². The predicted octanol–water partition coefficient (Wildman–Crippen LogP) is 5.31. The summed E-state index contributed by atoms with van der Waals surface area (Å²) in [4.78, 5) is 24.9. The molecule has 9 heteroatoms. The van der Waals surface area contributed by atoms with Crippen LogP contribution in [0.2, 0.25) is 0 Å². The van der Waals surface area contributed by atoms with E-state index in [0.717, 1.165) is 50.9 Å². The summed E-state index contributed by atoms with van der Waals surface area (Å²) in [6.45, 7) is 0. The molecule has 32 heavy (non-hydrogen) atoms. The molecule has 0 bridgehead atoms. The standard InChI is InChI=1S/C23H23N3O3S3/c1-26-22(27)19-15-6-4-5-7-18(15)32-21(19)25-23(26)31-12-14-11-30-20(24-14)13-8-9-16(28-2)17(10-13)29-3/h8-11H,4-7,12H2,1-3H3. The maximum Gasteiger partial charge on any atom is 0.262 e. The SMILES string of the molecule is COc1ccc(-c2nc(CSc3nc4sc5c(c4c(=O)n3C)CCCC5)cs2)cc1OC. The Balaban J connectivity index is 1.38. The van der Waals surface area contributed by atoms with Gasteiger partial charge in [0.1, 0.15) is 9.84 Å². The number of rotatable bonds is 6. The fraction of sp³-hybridized carbons (Fsp3) is 0.348. The summed E-state index contributed by atoms with van der Waals surface area (Å²) in [5.74, 6) is 2.03. The second-order valence-electron chi connectivity index (χ2n) is 7.65. The summed E-state index contributed by atoms with van der Waals surface area (Å²) < 4.78 is 12.4. The Morgan fingerprint density at radius 2 is 1.94 bits per heavy atom. The van der Waals surface area contributed by atoms with E-state index in [-0.39, 0.29) is 5.56 Å². The molecular weight excluding hydrogens is 462 g/mol. The van der Waals surface area contributed by atoms with Gasteiger partial charge in [-0.1, -0.05) is 11.8 Å². The minimum atomic E-state index is 0.0706. The molecule has 0 aliphatic heterocycles. The Hall–Kier alpha value is -2.36. The zero-order valence-corrected chi connectivity index (χ0v) is 20.6. The summed E-state index contributed by atoms with van der Waals surface area (Å²) in [6.07, 6.45) is 4.43. The van der Waals surface area contributed by atoms with Gasteiger partial charge >= 0.3 is 0 Å². The van der Waals surface area contributed by atoms with Crippen LogP contribution in [-0.4, -0.2) is 28.8 Å². The second kappa shape index (κ2) is 8.88. The third-order valence-electron chi connectivity index (χ3n) is 5.69. The lowest BCUT2D eigenvalue weighted by Gasteiger charge is -2.10. The molecule has 1 aliphatic carbocycles. The Bertz CT molecular complexity index is 1360. The van der Waals surface area contributed by atoms with Crippen LogP contribution in [0.3, 0.4) is 0 Å². The van der Waals surface area contributed by atoms with Gasteiger partial charge in [-0.3, -0.25) is 9.36 Å². The minimum Gasteiger partial charge on any atom is -0.493 e. The Morgan fingerprint density at radius 1 is 1.12 bits per heavy atom. The number of ether oxygens (including phenoxy) is 2. The number of nitrogens with zero attached hydrogens (tertiary/aromatic N) is 3. The Kier molecular flexibility index (Phi) is 5.96. The van der Waals surface area contributed by atoms with E-state index in [1.54, 1.807) is 53.2 Å². The van der Waals surface area contributed by atoms with Gasteiger partial charge in [0, 0.05) is 28.6 Å². The van der Waals surface area contributed by atoms with E-state index in [9.17, 15) is 4.79 Å². The highest BCUT2D eigenvalue weighted by Gasteiger charge is 2.21. The monoisotopic (exact) mass is 485 g/mol. The molecule has 166 valence electrons. The van der Waals surface area contributed by atoms with Crippen molar-refractivity contribution in [3.05, 3.63) is 50.1 Å². The molecule has 6 nitrogen and oxygen atoms in total. The van der Waals surface area contributed by atoms with Crippen molar-refractivity contribution in [2.24, 2.45) is 7.05 Å². The molecule has 5 rings (SSSR count). The number of hydrogen-bond acceptors (Lipinski definition) is 8. The number of aryl methyl sites for hydroxylation is 2. The average Bonchev–Trinajstić information content (AvgIpc) is 3.44. The number of aromatic nitrogens is 3. The van der Waals surface area contributed by atoms with Crippen LogP contribution in [0.15, 0.2) is 33.5 Å². The van der Waals surface area contributed by atoms with E-state index < -0.39 is 0 Å². The van der Waals surface area contributed by atoms with Gasteiger partial charge in [0.2, 0.25) is 0 Å². The number of fused-ring (bicyclic) bond motifs is 3. The molecule has 1 aromatic carbocycles. The highest BCUT2D eigenvalue weighted by molar-refractivity contribution is 7.98. The molecule has 0 N–H and O–H groups in total. The summed E-state index contributed by atoms with van der Waals surface area (Å²) in [5, 5.41) is 4.55. The molecule has 3 heterocycles. The lowest BCUT2D eigenvalue weighted by Crippen LogP contribution is -2.20. The number of hydrogen-bond donors (Lipinski definition) is 0. The molecule has 0 saturated carbocycles. The van der Waals surface area contributed by atoms with Crippen molar-refractivity contribution in [1.29, 1.82) is 0 Å². The maximum atomic E-state index is 13.1. The molecule has 0 saturated heterocycles. The number of thioether (sulfide) groups is 1. The lowest BCUT2D eigenvalue weighted by atomic mass is 9.97. The average molecular weight is 486 g/mol. The van der Waals surface area contributed by atoms with Crippen molar-refractivity contribution in [2.45, 2.75) is 36.6 Å².